The number of carbonyl (C=O) groups excluding carboxylic acids is 1. The predicted octanol–water partition coefficient (Wildman–Crippen LogP) is 1.86. The summed E-state index contributed by atoms with van der Waals surface area (Å²) in [7, 11) is 0. The van der Waals surface area contributed by atoms with Crippen molar-refractivity contribution in [2.75, 3.05) is 12.3 Å². The van der Waals surface area contributed by atoms with Crippen LogP contribution in [0, 0.1) is 0 Å². The van der Waals surface area contributed by atoms with E-state index in [9.17, 15) is 9.90 Å². The molecule has 0 aromatic heterocycles. The number of ether oxygens (including phenoxy) is 1. The number of aliphatic hydroxyl groups is 1. The lowest BCUT2D eigenvalue weighted by atomic mass is 9.79. The smallest absolute Gasteiger partial charge is 0.330 e. The maximum Gasteiger partial charge on any atom is 0.330 e. The van der Waals surface area contributed by atoms with E-state index in [0.29, 0.717) is 25.1 Å². The molecule has 7 heteroatoms. The highest BCUT2D eigenvalue weighted by Crippen LogP contribution is 2.33. The van der Waals surface area contributed by atoms with Crippen molar-refractivity contribution in [3.8, 4) is 0 Å². The van der Waals surface area contributed by atoms with Crippen LogP contribution in [0.3, 0.4) is 0 Å². The van der Waals surface area contributed by atoms with E-state index >= 15 is 0 Å². The van der Waals surface area contributed by atoms with Crippen molar-refractivity contribution < 1.29 is 14.6 Å². The van der Waals surface area contributed by atoms with Gasteiger partial charge in [0.25, 0.3) is 0 Å². The first-order valence-corrected chi connectivity index (χ1v) is 10.4. The fraction of sp³-hybridized carbons (Fsp3) is 0.842. The molecule has 1 heterocycles. The largest absolute Gasteiger partial charge is 0.456 e. The SMILES string of the molecule is CCC[C@]1(N)C(=O)OC1C(O)CCCCC(NC[C@@H](N)CS)=C(C)CC. The zero-order chi connectivity index (χ0) is 19.7. The highest BCUT2D eigenvalue weighted by atomic mass is 32.1. The van der Waals surface area contributed by atoms with Crippen LogP contribution >= 0.6 is 12.6 Å². The molecule has 0 aromatic rings. The van der Waals surface area contributed by atoms with Crippen molar-refractivity contribution in [3.05, 3.63) is 11.3 Å². The Bertz CT molecular complexity index is 487. The zero-order valence-electron chi connectivity index (χ0n) is 16.5. The van der Waals surface area contributed by atoms with E-state index in [2.05, 4.69) is 31.8 Å². The summed E-state index contributed by atoms with van der Waals surface area (Å²) in [6.45, 7) is 6.95. The molecular weight excluding hydrogens is 350 g/mol. The molecule has 1 fully saturated rings. The Morgan fingerprint density at radius 3 is 2.65 bits per heavy atom. The van der Waals surface area contributed by atoms with E-state index in [4.69, 9.17) is 16.2 Å². The Morgan fingerprint density at radius 2 is 2.12 bits per heavy atom. The predicted molar refractivity (Wildman–Crippen MR) is 109 cm³/mol. The van der Waals surface area contributed by atoms with Crippen LogP contribution in [0.1, 0.15) is 65.7 Å². The number of esters is 1. The number of cyclic esters (lactones) is 1. The highest BCUT2D eigenvalue weighted by molar-refractivity contribution is 7.80. The molecule has 0 aromatic carbocycles. The third-order valence-electron chi connectivity index (χ3n) is 5.17. The summed E-state index contributed by atoms with van der Waals surface area (Å²) in [6, 6.07) is 0.0318. The Morgan fingerprint density at radius 1 is 1.42 bits per heavy atom. The molecule has 1 saturated heterocycles. The van der Waals surface area contributed by atoms with Gasteiger partial charge < -0.3 is 26.6 Å². The summed E-state index contributed by atoms with van der Waals surface area (Å²) in [5, 5.41) is 13.8. The standard InChI is InChI=1S/C19H37N3O3S/c1-4-10-19(21)17(25-18(19)24)16(23)9-7-6-8-15(13(3)5-2)22-11-14(20)12-26/h14,16-17,22-23,26H,4-12,20-21H2,1-3H3/t14-,16?,17?,19-/m1/s1. The van der Waals surface area contributed by atoms with E-state index in [1.54, 1.807) is 0 Å². The summed E-state index contributed by atoms with van der Waals surface area (Å²) in [5.74, 6) is 0.257. The number of rotatable bonds is 13. The summed E-state index contributed by atoms with van der Waals surface area (Å²) in [5.41, 5.74) is 13.6. The normalized spacial score (nSPS) is 25.8. The molecule has 0 spiro atoms. The third-order valence-corrected chi connectivity index (χ3v) is 5.64. The first-order valence-electron chi connectivity index (χ1n) is 9.77. The molecule has 1 aliphatic heterocycles. The van der Waals surface area contributed by atoms with Crippen LogP contribution in [0.2, 0.25) is 0 Å². The molecular formula is C19H37N3O3S. The van der Waals surface area contributed by atoms with Gasteiger partial charge in [-0.1, -0.05) is 32.3 Å². The number of hydrogen-bond donors (Lipinski definition) is 5. The number of thiol groups is 1. The van der Waals surface area contributed by atoms with Gasteiger partial charge >= 0.3 is 5.97 Å². The van der Waals surface area contributed by atoms with Crippen LogP contribution in [0.15, 0.2) is 11.3 Å². The van der Waals surface area contributed by atoms with Gasteiger partial charge in [-0.2, -0.15) is 12.6 Å². The number of nitrogens with two attached hydrogens (primary N) is 2. The topological polar surface area (TPSA) is 111 Å². The van der Waals surface area contributed by atoms with Gasteiger partial charge in [0.2, 0.25) is 0 Å². The number of carbonyl (C=O) groups is 1. The van der Waals surface area contributed by atoms with Crippen molar-refractivity contribution in [1.29, 1.82) is 0 Å². The Kier molecular flexibility index (Phi) is 10.00. The Labute approximate surface area is 163 Å². The van der Waals surface area contributed by atoms with Crippen molar-refractivity contribution in [2.45, 2.75) is 89.5 Å². The molecule has 6 N–H and O–H groups in total. The minimum absolute atomic E-state index is 0.0318. The fourth-order valence-corrected chi connectivity index (χ4v) is 3.39. The summed E-state index contributed by atoms with van der Waals surface area (Å²) >= 11 is 4.22. The summed E-state index contributed by atoms with van der Waals surface area (Å²) in [4.78, 5) is 11.6. The highest BCUT2D eigenvalue weighted by Gasteiger charge is 2.57. The minimum atomic E-state index is -1.01. The quantitative estimate of drug-likeness (QED) is 0.187. The zero-order valence-corrected chi connectivity index (χ0v) is 17.4. The first-order chi connectivity index (χ1) is 12.3. The van der Waals surface area contributed by atoms with Gasteiger partial charge in [0.15, 0.2) is 11.6 Å². The summed E-state index contributed by atoms with van der Waals surface area (Å²) in [6.07, 6.45) is 4.34. The second kappa shape index (κ2) is 11.2. The molecule has 0 saturated carbocycles. The average Bonchev–Trinajstić information content (AvgIpc) is 2.64. The fourth-order valence-electron chi connectivity index (χ4n) is 3.26. The van der Waals surface area contributed by atoms with Gasteiger partial charge in [-0.25, -0.2) is 4.79 Å². The van der Waals surface area contributed by atoms with Crippen LogP contribution in [-0.4, -0.2) is 47.2 Å². The van der Waals surface area contributed by atoms with E-state index in [1.165, 1.54) is 11.3 Å². The van der Waals surface area contributed by atoms with Gasteiger partial charge in [-0.3, -0.25) is 0 Å². The van der Waals surface area contributed by atoms with Crippen LogP contribution in [0.5, 0.6) is 0 Å². The van der Waals surface area contributed by atoms with Crippen molar-refractivity contribution >= 4 is 18.6 Å². The molecule has 6 nitrogen and oxygen atoms in total. The van der Waals surface area contributed by atoms with Crippen LogP contribution in [0.4, 0.5) is 0 Å². The second-order valence-electron chi connectivity index (χ2n) is 7.37. The summed E-state index contributed by atoms with van der Waals surface area (Å²) < 4.78 is 5.12. The number of aliphatic hydroxyl groups excluding tert-OH is 1. The Balaban J connectivity index is 2.42. The van der Waals surface area contributed by atoms with Gasteiger partial charge in [0.05, 0.1) is 6.10 Å². The molecule has 4 atom stereocenters. The average molecular weight is 388 g/mol. The van der Waals surface area contributed by atoms with Crippen molar-refractivity contribution in [1.82, 2.24) is 5.32 Å². The maximum absolute atomic E-state index is 11.6. The van der Waals surface area contributed by atoms with Gasteiger partial charge in [-0.05, 0) is 39.0 Å². The molecule has 1 rings (SSSR count). The number of nitrogens with one attached hydrogen (secondary N) is 1. The van der Waals surface area contributed by atoms with E-state index < -0.39 is 23.7 Å². The third kappa shape index (κ3) is 6.15. The van der Waals surface area contributed by atoms with Gasteiger partial charge in [-0.15, -0.1) is 0 Å². The minimum Gasteiger partial charge on any atom is -0.456 e. The maximum atomic E-state index is 11.6. The van der Waals surface area contributed by atoms with Crippen molar-refractivity contribution in [2.24, 2.45) is 11.5 Å². The van der Waals surface area contributed by atoms with Gasteiger partial charge in [0, 0.05) is 24.0 Å². The number of unbranched alkanes of at least 4 members (excludes halogenated alkanes) is 1. The molecule has 26 heavy (non-hydrogen) atoms. The Hall–Kier alpha value is -0.760. The molecule has 0 radical (unpaired) electrons. The molecule has 0 amide bonds. The lowest BCUT2D eigenvalue weighted by Gasteiger charge is -2.46. The molecule has 2 unspecified atom stereocenters. The molecule has 1 aliphatic rings. The molecule has 0 bridgehead atoms. The van der Waals surface area contributed by atoms with E-state index in [1.807, 2.05) is 6.92 Å². The lowest BCUT2D eigenvalue weighted by molar-refractivity contribution is -0.205. The van der Waals surface area contributed by atoms with E-state index in [-0.39, 0.29) is 6.04 Å². The first kappa shape index (κ1) is 23.3. The molecule has 152 valence electrons. The van der Waals surface area contributed by atoms with E-state index in [0.717, 1.165) is 32.1 Å². The molecule has 0 aliphatic carbocycles. The number of hydrogen-bond acceptors (Lipinski definition) is 7. The van der Waals surface area contributed by atoms with Crippen LogP contribution < -0.4 is 16.8 Å². The van der Waals surface area contributed by atoms with Crippen LogP contribution in [0.25, 0.3) is 0 Å². The monoisotopic (exact) mass is 387 g/mol. The van der Waals surface area contributed by atoms with Crippen molar-refractivity contribution in [3.63, 3.8) is 0 Å². The van der Waals surface area contributed by atoms with Crippen LogP contribution in [-0.2, 0) is 9.53 Å². The number of allylic oxidation sites excluding steroid dienone is 2. The second-order valence-corrected chi connectivity index (χ2v) is 7.73. The van der Waals surface area contributed by atoms with Gasteiger partial charge in [0.1, 0.15) is 0 Å². The lowest BCUT2D eigenvalue weighted by Crippen LogP contribution is -2.72.